The van der Waals surface area contributed by atoms with Crippen molar-refractivity contribution in [1.82, 2.24) is 0 Å². The normalized spacial score (nSPS) is 0. The minimum atomic E-state index is 0. The second-order valence-corrected chi connectivity index (χ2v) is 0. The van der Waals surface area contributed by atoms with E-state index in [0.717, 1.165) is 0 Å². The Morgan fingerprint density at radius 1 is 1.20 bits per heavy atom. The summed E-state index contributed by atoms with van der Waals surface area (Å²) in [5, 5.41) is 0. The average molecular weight is 671 g/mol. The molecule has 0 saturated carbocycles. The summed E-state index contributed by atoms with van der Waals surface area (Å²) in [7, 11) is 0. The van der Waals surface area contributed by atoms with Crippen molar-refractivity contribution >= 4 is 23.1 Å². The van der Waals surface area contributed by atoms with Gasteiger partial charge in [0, 0.05) is 151 Å². The Balaban J connectivity index is 0. The van der Waals surface area contributed by atoms with Crippen molar-refractivity contribution in [3.05, 3.63) is 0 Å². The first kappa shape index (κ1) is 30.9. The first-order valence-electron chi connectivity index (χ1n) is 0. The molecule has 0 rings (SSSR count). The SMILES string of the molecule is [Ce].[H-].[H-].[Mg+2].[Sm].[Ta].[Yb]. The standard InChI is InChI=1S/Ce.Mg.Sm.Ta.Yb.2H/q;+2;;;;2*-1. The molecule has 0 nitrogen and oxygen atoms in total. The first-order chi connectivity index (χ1) is 0. The molecule has 1 radical (unpaired) electrons. The molecule has 0 amide bonds. The van der Waals surface area contributed by atoms with Crippen LogP contribution in [0.2, 0.25) is 0 Å². The number of hydrogen-bond acceptors (Lipinski definition) is 0. The van der Waals surface area contributed by atoms with Gasteiger partial charge in [-0.05, 0) is 0 Å². The maximum absolute atomic E-state index is 0. The molecular weight excluding hydrogens is 669 g/mol. The average Bonchev–Trinajstić information content (AvgIpc) is 0. The Morgan fingerprint density at radius 3 is 1.20 bits per heavy atom. The topological polar surface area (TPSA) is 0 Å². The zero-order valence-corrected chi connectivity index (χ0v) is 14.4. The largest absolute Gasteiger partial charge is 2.00 e. The summed E-state index contributed by atoms with van der Waals surface area (Å²) in [4.78, 5) is 0. The van der Waals surface area contributed by atoms with Gasteiger partial charge < -0.3 is 2.85 Å². The van der Waals surface area contributed by atoms with Crippen LogP contribution >= 0.6 is 0 Å². The first-order valence-corrected chi connectivity index (χ1v) is 0. The van der Waals surface area contributed by atoms with Gasteiger partial charge in [-0.1, -0.05) is 0 Å². The van der Waals surface area contributed by atoms with Crippen LogP contribution in [0.5, 0.6) is 0 Å². The van der Waals surface area contributed by atoms with Crippen LogP contribution in [0.15, 0.2) is 0 Å². The summed E-state index contributed by atoms with van der Waals surface area (Å²) in [6.45, 7) is 0. The Bertz CT molecular complexity index is 17.7. The van der Waals surface area contributed by atoms with Crippen molar-refractivity contribution in [1.29, 1.82) is 0 Å². The molecule has 0 fully saturated rings. The van der Waals surface area contributed by atoms with E-state index in [2.05, 4.69) is 0 Å². The molecule has 0 unspecified atom stereocenters. The monoisotopic (exact) mass is 673 g/mol. The molecule has 0 aliphatic heterocycles. The molecule has 5 heavy (non-hydrogen) atoms. The molecule has 0 aromatic rings. The quantitative estimate of drug-likeness (QED) is 0.315. The van der Waals surface area contributed by atoms with Gasteiger partial charge in [0.15, 0.2) is 0 Å². The molecule has 0 atom stereocenters. The van der Waals surface area contributed by atoms with Crippen molar-refractivity contribution < 1.29 is 154 Å². The Morgan fingerprint density at radius 2 is 1.20 bits per heavy atom. The van der Waals surface area contributed by atoms with Crippen LogP contribution < -0.4 is 0 Å². The van der Waals surface area contributed by atoms with Crippen LogP contribution in [0.1, 0.15) is 2.85 Å². The molecule has 0 saturated heterocycles. The predicted octanol–water partition coefficient (Wildman–Crippen LogP) is -0.158. The van der Waals surface area contributed by atoms with Crippen molar-refractivity contribution in [2.75, 3.05) is 0 Å². The molecule has 0 aliphatic rings. The fourth-order valence-corrected chi connectivity index (χ4v) is 0. The van der Waals surface area contributed by atoms with E-state index in [1.54, 1.807) is 0 Å². The van der Waals surface area contributed by atoms with Gasteiger partial charge >= 0.3 is 23.1 Å². The van der Waals surface area contributed by atoms with E-state index in [1.165, 1.54) is 0 Å². The Hall–Kier alpha value is 5.74. The van der Waals surface area contributed by atoms with Gasteiger partial charge in [0.2, 0.25) is 0 Å². The zero-order valence-electron chi connectivity index (χ0n) is 4.33. The minimum absolute atomic E-state index is 0. The van der Waals surface area contributed by atoms with Crippen LogP contribution in [-0.2, 0) is 22.4 Å². The summed E-state index contributed by atoms with van der Waals surface area (Å²) in [6, 6.07) is 0. The molecule has 33 valence electrons. The van der Waals surface area contributed by atoms with Crippen LogP contribution in [0.25, 0.3) is 0 Å². The molecule has 0 heterocycles. The van der Waals surface area contributed by atoms with E-state index in [9.17, 15) is 0 Å². The van der Waals surface area contributed by atoms with E-state index in [-0.39, 0.29) is 177 Å². The maximum Gasteiger partial charge on any atom is 2.00 e. The van der Waals surface area contributed by atoms with E-state index >= 15 is 0 Å². The maximum atomic E-state index is 0. The van der Waals surface area contributed by atoms with E-state index in [4.69, 9.17) is 0 Å². The number of hydrogen-bond donors (Lipinski definition) is 0. The zero-order chi connectivity index (χ0) is 0. The fourth-order valence-electron chi connectivity index (χ4n) is 0. The van der Waals surface area contributed by atoms with Crippen molar-refractivity contribution in [3.8, 4) is 0 Å². The molecule has 0 aromatic carbocycles. The third-order valence-corrected chi connectivity index (χ3v) is 0. The molecule has 0 spiro atoms. The molecule has 0 N–H and O–H groups in total. The van der Waals surface area contributed by atoms with Crippen molar-refractivity contribution in [2.24, 2.45) is 0 Å². The second-order valence-electron chi connectivity index (χ2n) is 0. The summed E-state index contributed by atoms with van der Waals surface area (Å²) in [5.41, 5.74) is 0. The van der Waals surface area contributed by atoms with Crippen molar-refractivity contribution in [2.45, 2.75) is 0 Å². The molecular formula is H2CeMgSmTaYb. The van der Waals surface area contributed by atoms with Gasteiger partial charge in [0.1, 0.15) is 0 Å². The fraction of sp³-hybridized carbons (Fsp3) is 0. The van der Waals surface area contributed by atoms with Gasteiger partial charge in [-0.25, -0.2) is 0 Å². The van der Waals surface area contributed by atoms with Crippen LogP contribution in [0, 0.1) is 129 Å². The minimum Gasteiger partial charge on any atom is -1.00 e. The van der Waals surface area contributed by atoms with Crippen LogP contribution in [0.3, 0.4) is 0 Å². The van der Waals surface area contributed by atoms with E-state index in [0.29, 0.717) is 0 Å². The third-order valence-electron chi connectivity index (χ3n) is 0. The predicted molar refractivity (Wildman–Crippen MR) is 7.98 cm³/mol. The third kappa shape index (κ3) is 17.7. The molecule has 0 bridgehead atoms. The van der Waals surface area contributed by atoms with Gasteiger partial charge in [0.25, 0.3) is 0 Å². The van der Waals surface area contributed by atoms with E-state index < -0.39 is 0 Å². The van der Waals surface area contributed by atoms with Gasteiger partial charge in [0.05, 0.1) is 0 Å². The smallest absolute Gasteiger partial charge is 1.00 e. The Labute approximate surface area is 171 Å². The summed E-state index contributed by atoms with van der Waals surface area (Å²) < 4.78 is 0. The van der Waals surface area contributed by atoms with E-state index in [1.807, 2.05) is 0 Å². The summed E-state index contributed by atoms with van der Waals surface area (Å²) >= 11 is 0. The summed E-state index contributed by atoms with van der Waals surface area (Å²) in [5.74, 6) is 0. The molecule has 5 heteroatoms. The van der Waals surface area contributed by atoms with Gasteiger partial charge in [-0.2, -0.15) is 0 Å². The van der Waals surface area contributed by atoms with Gasteiger partial charge in [-0.15, -0.1) is 0 Å². The van der Waals surface area contributed by atoms with Crippen LogP contribution in [0.4, 0.5) is 0 Å². The number of rotatable bonds is 0. The van der Waals surface area contributed by atoms with Crippen LogP contribution in [-0.4, -0.2) is 23.1 Å². The van der Waals surface area contributed by atoms with Crippen molar-refractivity contribution in [3.63, 3.8) is 0 Å². The Kier molecular flexibility index (Phi) is 140. The molecule has 0 aliphatic carbocycles. The second kappa shape index (κ2) is 22.6. The van der Waals surface area contributed by atoms with Gasteiger partial charge in [-0.3, -0.25) is 0 Å². The summed E-state index contributed by atoms with van der Waals surface area (Å²) in [6.07, 6.45) is 0. The molecule has 0 aromatic heterocycles.